The number of likely N-dealkylation sites (tertiary alicyclic amines) is 2. The molecular formula is C62H66ClF2N9O8S. The Labute approximate surface area is 489 Å². The number of anilines is 1. The number of aliphatic hydroxyl groups excluding tert-OH is 1. The Balaban J connectivity index is 0.778. The smallest absolute Gasteiger partial charge is 0.319 e. The molecule has 0 unspecified atom stereocenters. The monoisotopic (exact) mass is 1170 g/mol. The van der Waals surface area contributed by atoms with Crippen molar-refractivity contribution in [3.8, 4) is 45.3 Å². The van der Waals surface area contributed by atoms with Crippen LogP contribution in [0.3, 0.4) is 0 Å². The number of aromatic hydroxyl groups is 1. The molecule has 3 saturated heterocycles. The molecule has 3 aliphatic rings. The van der Waals surface area contributed by atoms with Crippen molar-refractivity contribution in [1.29, 1.82) is 5.26 Å². The van der Waals surface area contributed by atoms with Gasteiger partial charge in [-0.1, -0.05) is 94.4 Å². The zero-order valence-electron chi connectivity index (χ0n) is 47.0. The molecule has 83 heavy (non-hydrogen) atoms. The maximum Gasteiger partial charge on any atom is 0.319 e. The van der Waals surface area contributed by atoms with E-state index in [4.69, 9.17) is 30.6 Å². The Kier molecular flexibility index (Phi) is 17.5. The summed E-state index contributed by atoms with van der Waals surface area (Å²) in [4.78, 5) is 62.8. The highest BCUT2D eigenvalue weighted by atomic mass is 35.5. The van der Waals surface area contributed by atoms with Gasteiger partial charge in [0, 0.05) is 68.0 Å². The molecule has 3 fully saturated rings. The summed E-state index contributed by atoms with van der Waals surface area (Å²) in [6.45, 7) is 15.7. The number of piperazine rings is 1. The molecule has 0 radical (unpaired) electrons. The Hall–Kier alpha value is -7.57. The number of phenols is 1. The third-order valence-electron chi connectivity index (χ3n) is 16.5. The average Bonchev–Trinajstić information content (AvgIpc) is 3.68. The number of ketones is 1. The van der Waals surface area contributed by atoms with Crippen LogP contribution in [0.4, 0.5) is 14.6 Å². The number of amides is 2. The van der Waals surface area contributed by atoms with Crippen LogP contribution < -0.4 is 14.4 Å². The molecular weight excluding hydrogens is 1100 g/mol. The van der Waals surface area contributed by atoms with E-state index in [2.05, 4.69) is 39.6 Å². The number of aliphatic hydroxyl groups is 1. The number of benzene rings is 4. The first-order chi connectivity index (χ1) is 39.8. The number of carbonyl (C=O) groups is 3. The van der Waals surface area contributed by atoms with E-state index in [0.717, 1.165) is 34.5 Å². The summed E-state index contributed by atoms with van der Waals surface area (Å²) in [7, 11) is 0. The summed E-state index contributed by atoms with van der Waals surface area (Å²) in [6.07, 6.45) is 0.945. The molecule has 7 aromatic rings. The van der Waals surface area contributed by atoms with Crippen molar-refractivity contribution in [1.82, 2.24) is 34.8 Å². The van der Waals surface area contributed by atoms with E-state index in [1.807, 2.05) is 63.5 Å². The predicted octanol–water partition coefficient (Wildman–Crippen LogP) is 10.8. The molecule has 17 nitrogen and oxygen atoms in total. The minimum absolute atomic E-state index is 0.0183. The standard InChI is InChI=1S/C62H66ClF2N9O8S/c1-35(2)53(60(79)74-32-44(76)28-49(74)50(77)25-36(3)39-11-13-40(14-12-39)57-38(5)67-34-83-57)51-30-52(70-82-51)81-33-62(6)16-19-71(20-17-62)23-24-80-61-68-56-47(58(69-61)72-21-22-73(59(78)37(4)64)42(31-72)15-18-66)29-48(63)54(55(56)65)46-27-43(75)26-41-9-7-8-10-45(41)46/h7-14,26-27,29-30,34-36,42,44,49,53,75-76H,4,15-17,19-25,28,31-33H2,1-3,5-6H3/t36-,42+,44-,49+,53-/m1/s1. The minimum Gasteiger partial charge on any atom is -0.508 e. The molecule has 21 heteroatoms. The summed E-state index contributed by atoms with van der Waals surface area (Å²) >= 11 is 8.53. The van der Waals surface area contributed by atoms with Gasteiger partial charge in [0.05, 0.1) is 58.4 Å². The number of halogens is 3. The Morgan fingerprint density at radius 1 is 0.988 bits per heavy atom. The molecule has 0 bridgehead atoms. The number of hydrogen-bond donors (Lipinski definition) is 2. The lowest BCUT2D eigenvalue weighted by atomic mass is 9.81. The summed E-state index contributed by atoms with van der Waals surface area (Å²) < 4.78 is 49.7. The van der Waals surface area contributed by atoms with E-state index in [-0.39, 0.29) is 126 Å². The third kappa shape index (κ3) is 12.5. The molecule has 0 spiro atoms. The fourth-order valence-corrected chi connectivity index (χ4v) is 12.9. The van der Waals surface area contributed by atoms with E-state index in [1.165, 1.54) is 15.9 Å². The van der Waals surface area contributed by atoms with Crippen LogP contribution in [0.1, 0.15) is 88.7 Å². The van der Waals surface area contributed by atoms with Crippen LogP contribution in [0, 0.1) is 35.4 Å². The number of rotatable bonds is 19. The number of Topliss-reactive ketones (excluding diaryl/α,β-unsaturated/α-hetero) is 1. The normalized spacial score (nSPS) is 19.0. The van der Waals surface area contributed by atoms with Crippen molar-refractivity contribution in [2.45, 2.75) is 96.7 Å². The second kappa shape index (κ2) is 24.7. The van der Waals surface area contributed by atoms with Crippen molar-refractivity contribution in [2.24, 2.45) is 11.3 Å². The van der Waals surface area contributed by atoms with Gasteiger partial charge in [0.1, 0.15) is 29.6 Å². The van der Waals surface area contributed by atoms with Gasteiger partial charge in [-0.2, -0.15) is 15.2 Å². The number of thiazole rings is 1. The predicted molar refractivity (Wildman–Crippen MR) is 313 cm³/mol. The molecule has 2 amide bonds. The van der Waals surface area contributed by atoms with Gasteiger partial charge < -0.3 is 38.9 Å². The van der Waals surface area contributed by atoms with E-state index in [1.54, 1.807) is 52.6 Å². The lowest BCUT2D eigenvalue weighted by molar-refractivity contribution is -0.140. The van der Waals surface area contributed by atoms with Gasteiger partial charge in [-0.25, -0.2) is 13.8 Å². The highest BCUT2D eigenvalue weighted by Crippen LogP contribution is 2.44. The second-order valence-electron chi connectivity index (χ2n) is 22.8. The number of nitriles is 1. The van der Waals surface area contributed by atoms with Crippen LogP contribution in [-0.2, 0) is 14.4 Å². The molecule has 6 heterocycles. The fraction of sp³-hybridized carbons (Fsp3) is 0.419. The SMILES string of the molecule is C=C(F)C(=O)N1CCN(c2nc(OCCN3CCC(C)(COc4cc([C@H](C(=O)N5C[C@H](O)C[C@H]5C(=O)C[C@@H](C)c5ccc(-c6scnc6C)cc5)C(C)C)on4)CC3)nc3c(F)c(-c4cc(O)cc5ccccc45)c(Cl)cc23)C[C@@H]1CC#N. The summed E-state index contributed by atoms with van der Waals surface area (Å²) in [6, 6.07) is 22.1. The number of phenolic OH excluding ortho intramolecular Hbond substituents is 1. The summed E-state index contributed by atoms with van der Waals surface area (Å²) in [5.74, 6) is -3.61. The van der Waals surface area contributed by atoms with E-state index in [9.17, 15) is 34.2 Å². The van der Waals surface area contributed by atoms with Crippen LogP contribution in [-0.4, -0.2) is 140 Å². The van der Waals surface area contributed by atoms with Crippen molar-refractivity contribution in [3.05, 3.63) is 119 Å². The van der Waals surface area contributed by atoms with Gasteiger partial charge in [0.15, 0.2) is 23.2 Å². The summed E-state index contributed by atoms with van der Waals surface area (Å²) in [5.41, 5.74) is 4.90. The first kappa shape index (κ1) is 58.6. The average molecular weight is 1170 g/mol. The van der Waals surface area contributed by atoms with Crippen LogP contribution in [0.5, 0.6) is 17.6 Å². The lowest BCUT2D eigenvalue weighted by Crippen LogP contribution is -2.55. The molecule has 0 aliphatic carbocycles. The van der Waals surface area contributed by atoms with E-state index in [0.29, 0.717) is 48.3 Å². The number of aryl methyl sites for hydroxylation is 1. The van der Waals surface area contributed by atoms with Crippen LogP contribution >= 0.6 is 22.9 Å². The highest BCUT2D eigenvalue weighted by Gasteiger charge is 2.44. The van der Waals surface area contributed by atoms with Gasteiger partial charge in [0.2, 0.25) is 5.91 Å². The Morgan fingerprint density at radius 3 is 2.46 bits per heavy atom. The number of piperidine rings is 1. The molecule has 10 rings (SSSR count). The number of fused-ring (bicyclic) bond motifs is 2. The fourth-order valence-electron chi connectivity index (χ4n) is 11.8. The molecule has 0 saturated carbocycles. The van der Waals surface area contributed by atoms with Gasteiger partial charge in [-0.05, 0) is 95.5 Å². The van der Waals surface area contributed by atoms with Crippen molar-refractivity contribution in [3.63, 3.8) is 0 Å². The number of ether oxygens (including phenoxy) is 2. The van der Waals surface area contributed by atoms with Crippen LogP contribution in [0.15, 0.2) is 95.2 Å². The number of hydrogen-bond acceptors (Lipinski definition) is 16. The van der Waals surface area contributed by atoms with Crippen molar-refractivity contribution >= 4 is 68.0 Å². The van der Waals surface area contributed by atoms with E-state index < -0.39 is 41.7 Å². The van der Waals surface area contributed by atoms with Gasteiger partial charge >= 0.3 is 6.01 Å². The van der Waals surface area contributed by atoms with Crippen LogP contribution in [0.2, 0.25) is 5.02 Å². The quantitative estimate of drug-likeness (QED) is 0.0721. The zero-order valence-corrected chi connectivity index (χ0v) is 48.6. The van der Waals surface area contributed by atoms with E-state index >= 15 is 4.39 Å². The highest BCUT2D eigenvalue weighted by molar-refractivity contribution is 7.13. The Morgan fingerprint density at radius 2 is 1.75 bits per heavy atom. The number of aromatic nitrogens is 4. The van der Waals surface area contributed by atoms with Crippen molar-refractivity contribution in [2.75, 3.05) is 63.9 Å². The topological polar surface area (TPSA) is 212 Å². The molecule has 3 aliphatic heterocycles. The largest absolute Gasteiger partial charge is 0.508 e. The number of nitrogens with zero attached hydrogens (tertiary/aromatic N) is 9. The maximum atomic E-state index is 17.3. The van der Waals surface area contributed by atoms with Gasteiger partial charge in [0.25, 0.3) is 11.8 Å². The maximum absolute atomic E-state index is 17.3. The van der Waals surface area contributed by atoms with Gasteiger partial charge in [-0.15, -0.1) is 11.3 Å². The first-order valence-electron chi connectivity index (χ1n) is 27.9. The summed E-state index contributed by atoms with van der Waals surface area (Å²) in [5, 5.41) is 37.1. The molecule has 3 aromatic heterocycles. The van der Waals surface area contributed by atoms with Crippen LogP contribution in [0.25, 0.3) is 43.2 Å². The molecule has 4 aromatic carbocycles. The van der Waals surface area contributed by atoms with Crippen molar-refractivity contribution < 1.29 is 47.4 Å². The molecule has 434 valence electrons. The zero-order chi connectivity index (χ0) is 58.9. The second-order valence-corrected chi connectivity index (χ2v) is 24.1. The Bertz CT molecular complexity index is 3620. The first-order valence-corrected chi connectivity index (χ1v) is 29.2. The third-order valence-corrected chi connectivity index (χ3v) is 17.8. The number of β-amino-alcohol motifs (C(OH)–C–C–N with tert-alkyl or cyclic N) is 1. The van der Waals surface area contributed by atoms with Gasteiger partial charge in [-0.3, -0.25) is 19.3 Å². The lowest BCUT2D eigenvalue weighted by Gasteiger charge is -2.41. The molecule has 2 N–H and O–H groups in total. The number of carbonyl (C=O) groups excluding carboxylic acids is 3. The minimum atomic E-state index is -1.14. The molecule has 5 atom stereocenters.